The molecule has 0 radical (unpaired) electrons. The molecule has 1 amide bonds. The Morgan fingerprint density at radius 3 is 2.83 bits per heavy atom. The molecule has 2 saturated heterocycles. The number of methoxy groups -OCH3 is 1. The normalized spacial score (nSPS) is 33.9. The molecule has 2 fully saturated rings. The van der Waals surface area contributed by atoms with Crippen LogP contribution in [0.4, 0.5) is 4.79 Å². The lowest BCUT2D eigenvalue weighted by molar-refractivity contribution is -0.146. The molecule has 0 aliphatic carbocycles. The zero-order chi connectivity index (χ0) is 13.3. The van der Waals surface area contributed by atoms with Crippen molar-refractivity contribution in [3.05, 3.63) is 0 Å². The number of carbonyl (C=O) groups excluding carboxylic acids is 2. The van der Waals surface area contributed by atoms with Gasteiger partial charge in [0, 0.05) is 0 Å². The Hall–Kier alpha value is -1.34. The van der Waals surface area contributed by atoms with Crippen molar-refractivity contribution < 1.29 is 28.5 Å². The van der Waals surface area contributed by atoms with Crippen LogP contribution in [0.2, 0.25) is 0 Å². The molecule has 102 valence electrons. The summed E-state index contributed by atoms with van der Waals surface area (Å²) in [4.78, 5) is 22.5. The van der Waals surface area contributed by atoms with Gasteiger partial charge in [-0.25, -0.2) is 4.79 Å². The topological polar surface area (TPSA) is 83.1 Å². The molecule has 0 aromatic rings. The molecule has 7 nitrogen and oxygen atoms in total. The van der Waals surface area contributed by atoms with Crippen LogP contribution >= 0.6 is 0 Å². The molecule has 18 heavy (non-hydrogen) atoms. The van der Waals surface area contributed by atoms with E-state index in [1.807, 2.05) is 0 Å². The van der Waals surface area contributed by atoms with Crippen molar-refractivity contribution in [3.8, 4) is 0 Å². The molecule has 0 saturated carbocycles. The average Bonchev–Trinajstić information content (AvgIpc) is 2.81. The van der Waals surface area contributed by atoms with E-state index < -0.39 is 30.0 Å². The molecule has 2 aliphatic heterocycles. The van der Waals surface area contributed by atoms with Crippen molar-refractivity contribution >= 4 is 12.1 Å². The summed E-state index contributed by atoms with van der Waals surface area (Å²) in [5.74, 6) is -1.12. The van der Waals surface area contributed by atoms with Crippen LogP contribution in [-0.2, 0) is 23.7 Å². The molecule has 2 aliphatic rings. The largest absolute Gasteiger partial charge is 0.469 e. The van der Waals surface area contributed by atoms with Crippen LogP contribution in [0.25, 0.3) is 0 Å². The van der Waals surface area contributed by atoms with Gasteiger partial charge in [-0.15, -0.1) is 0 Å². The van der Waals surface area contributed by atoms with Crippen LogP contribution in [0.15, 0.2) is 0 Å². The molecule has 1 N–H and O–H groups in total. The first-order valence-corrected chi connectivity index (χ1v) is 5.77. The lowest BCUT2D eigenvalue weighted by Gasteiger charge is -2.22. The van der Waals surface area contributed by atoms with Gasteiger partial charge in [0.15, 0.2) is 5.79 Å². The van der Waals surface area contributed by atoms with Gasteiger partial charge in [-0.3, -0.25) is 4.79 Å². The minimum absolute atomic E-state index is 0.000194. The maximum atomic E-state index is 11.3. The third-order valence-electron chi connectivity index (χ3n) is 2.97. The predicted molar refractivity (Wildman–Crippen MR) is 58.7 cm³/mol. The van der Waals surface area contributed by atoms with Gasteiger partial charge in [0.25, 0.3) is 0 Å². The molecule has 7 heteroatoms. The highest BCUT2D eigenvalue weighted by molar-refractivity contribution is 5.74. The van der Waals surface area contributed by atoms with E-state index in [1.54, 1.807) is 13.8 Å². The summed E-state index contributed by atoms with van der Waals surface area (Å²) in [7, 11) is 1.29. The van der Waals surface area contributed by atoms with E-state index in [0.717, 1.165) is 0 Å². The van der Waals surface area contributed by atoms with Gasteiger partial charge in [0.1, 0.15) is 12.2 Å². The Labute approximate surface area is 105 Å². The summed E-state index contributed by atoms with van der Waals surface area (Å²) < 4.78 is 20.7. The zero-order valence-electron chi connectivity index (χ0n) is 10.6. The van der Waals surface area contributed by atoms with Crippen molar-refractivity contribution in [3.63, 3.8) is 0 Å². The first kappa shape index (κ1) is 13.1. The highest BCUT2D eigenvalue weighted by atomic mass is 16.7. The van der Waals surface area contributed by atoms with E-state index >= 15 is 0 Å². The number of alkyl carbamates (subject to hydrolysis) is 1. The number of ether oxygens (including phenoxy) is 4. The van der Waals surface area contributed by atoms with Gasteiger partial charge in [-0.05, 0) is 13.8 Å². The second-order valence-corrected chi connectivity index (χ2v) is 4.76. The highest BCUT2D eigenvalue weighted by Crippen LogP contribution is 2.28. The Bertz CT molecular complexity index is 355. The SMILES string of the molecule is COC(=O)C[C@H]1OC(=O)N[C@H]1[C@@H]1COC(C)(C)O1. The summed E-state index contributed by atoms with van der Waals surface area (Å²) in [6.07, 6.45) is -1.48. The fourth-order valence-corrected chi connectivity index (χ4v) is 2.11. The number of cyclic esters (lactones) is 1. The lowest BCUT2D eigenvalue weighted by Crippen LogP contribution is -2.45. The Kier molecular flexibility index (Phi) is 3.45. The van der Waals surface area contributed by atoms with Gasteiger partial charge >= 0.3 is 12.1 Å². The molecule has 0 aromatic carbocycles. The number of hydrogen-bond donors (Lipinski definition) is 1. The van der Waals surface area contributed by atoms with Crippen LogP contribution in [-0.4, -0.2) is 49.8 Å². The van der Waals surface area contributed by atoms with Gasteiger partial charge in [-0.2, -0.15) is 0 Å². The third kappa shape index (κ3) is 2.73. The van der Waals surface area contributed by atoms with Crippen molar-refractivity contribution in [2.45, 2.75) is 44.3 Å². The third-order valence-corrected chi connectivity index (χ3v) is 2.97. The average molecular weight is 259 g/mol. The standard InChI is InChI=1S/C11H17NO6/c1-11(2)16-5-7(18-11)9-6(4-8(13)15-3)17-10(14)12-9/h6-7,9H,4-5H2,1-3H3,(H,12,14)/t6-,7+,9-/m1/s1. The van der Waals surface area contributed by atoms with Gasteiger partial charge in [0.2, 0.25) is 0 Å². The monoisotopic (exact) mass is 259 g/mol. The maximum absolute atomic E-state index is 11.3. The van der Waals surface area contributed by atoms with E-state index in [9.17, 15) is 9.59 Å². The van der Waals surface area contributed by atoms with Crippen LogP contribution < -0.4 is 5.32 Å². The predicted octanol–water partition coefficient (Wildman–Crippen LogP) is 0.178. The lowest BCUT2D eigenvalue weighted by atomic mass is 10.0. The van der Waals surface area contributed by atoms with E-state index in [2.05, 4.69) is 10.1 Å². The quantitative estimate of drug-likeness (QED) is 0.728. The van der Waals surface area contributed by atoms with E-state index in [1.165, 1.54) is 7.11 Å². The van der Waals surface area contributed by atoms with Crippen LogP contribution in [0.1, 0.15) is 20.3 Å². The van der Waals surface area contributed by atoms with Gasteiger partial charge in [-0.1, -0.05) is 0 Å². The van der Waals surface area contributed by atoms with Crippen molar-refractivity contribution in [2.24, 2.45) is 0 Å². The Morgan fingerprint density at radius 1 is 1.56 bits per heavy atom. The summed E-state index contributed by atoms with van der Waals surface area (Å²) in [5, 5.41) is 2.64. The van der Waals surface area contributed by atoms with Gasteiger partial charge in [0.05, 0.1) is 26.2 Å². The number of hydrogen-bond acceptors (Lipinski definition) is 6. The smallest absolute Gasteiger partial charge is 0.407 e. The minimum atomic E-state index is -0.687. The molecule has 2 rings (SSSR count). The fraction of sp³-hybridized carbons (Fsp3) is 0.818. The van der Waals surface area contributed by atoms with Crippen molar-refractivity contribution in [1.29, 1.82) is 0 Å². The Balaban J connectivity index is 2.01. The van der Waals surface area contributed by atoms with Crippen LogP contribution in [0.5, 0.6) is 0 Å². The van der Waals surface area contributed by atoms with Crippen LogP contribution in [0, 0.1) is 0 Å². The van der Waals surface area contributed by atoms with Gasteiger partial charge < -0.3 is 24.3 Å². The number of nitrogens with one attached hydrogen (secondary N) is 1. The molecular formula is C11H17NO6. The number of amides is 1. The Morgan fingerprint density at radius 2 is 2.28 bits per heavy atom. The van der Waals surface area contributed by atoms with Crippen molar-refractivity contribution in [2.75, 3.05) is 13.7 Å². The second kappa shape index (κ2) is 4.74. The number of rotatable bonds is 3. The summed E-state index contributed by atoms with van der Waals surface area (Å²) in [6.45, 7) is 3.93. The maximum Gasteiger partial charge on any atom is 0.407 e. The first-order chi connectivity index (χ1) is 8.41. The molecule has 0 bridgehead atoms. The molecule has 3 atom stereocenters. The van der Waals surface area contributed by atoms with E-state index in [0.29, 0.717) is 6.61 Å². The second-order valence-electron chi connectivity index (χ2n) is 4.76. The molecule has 2 heterocycles. The van der Waals surface area contributed by atoms with Crippen LogP contribution in [0.3, 0.4) is 0 Å². The molecule has 0 unspecified atom stereocenters. The molecular weight excluding hydrogens is 242 g/mol. The molecule has 0 spiro atoms. The molecule has 0 aromatic heterocycles. The highest BCUT2D eigenvalue weighted by Gasteiger charge is 2.46. The van der Waals surface area contributed by atoms with E-state index in [-0.39, 0.29) is 12.5 Å². The van der Waals surface area contributed by atoms with E-state index in [4.69, 9.17) is 14.2 Å². The summed E-state index contributed by atoms with van der Waals surface area (Å²) >= 11 is 0. The number of esters is 1. The first-order valence-electron chi connectivity index (χ1n) is 5.77. The number of carbonyl (C=O) groups is 2. The summed E-state index contributed by atoms with van der Waals surface area (Å²) in [6, 6.07) is -0.404. The minimum Gasteiger partial charge on any atom is -0.469 e. The summed E-state index contributed by atoms with van der Waals surface area (Å²) in [5.41, 5.74) is 0. The zero-order valence-corrected chi connectivity index (χ0v) is 10.6. The van der Waals surface area contributed by atoms with Crippen molar-refractivity contribution in [1.82, 2.24) is 5.32 Å². The fourth-order valence-electron chi connectivity index (χ4n) is 2.11.